The highest BCUT2D eigenvalue weighted by Crippen LogP contribution is 2.27. The fraction of sp³-hybridized carbons (Fsp3) is 0.312. The van der Waals surface area contributed by atoms with Gasteiger partial charge in [0.25, 0.3) is 0 Å². The number of hydroxylamine groups is 2. The second-order valence-electron chi connectivity index (χ2n) is 9.81. The smallest absolute Gasteiger partial charge is 0.326 e. The SMILES string of the molecule is CCOC(=O)CN1C(=O)[C@@H](NC(=O)[C@H](Cc2ccccc2)CN(C=O)OCc2ccccc2)CCc2ccccc21. The summed E-state index contributed by atoms with van der Waals surface area (Å²) in [6, 6.07) is 25.4. The number of benzene rings is 3. The highest BCUT2D eigenvalue weighted by molar-refractivity contribution is 6.03. The Labute approximate surface area is 240 Å². The number of hydrogen-bond donors (Lipinski definition) is 1. The molecule has 0 radical (unpaired) electrons. The molecule has 0 spiro atoms. The minimum atomic E-state index is -0.863. The molecule has 0 aromatic heterocycles. The van der Waals surface area contributed by atoms with Crippen LogP contribution in [0.4, 0.5) is 5.69 Å². The van der Waals surface area contributed by atoms with Gasteiger partial charge >= 0.3 is 5.97 Å². The maximum Gasteiger partial charge on any atom is 0.326 e. The fourth-order valence-electron chi connectivity index (χ4n) is 4.85. The molecular formula is C32H35N3O6. The number of anilines is 1. The van der Waals surface area contributed by atoms with Crippen molar-refractivity contribution in [3.05, 3.63) is 102 Å². The second-order valence-corrected chi connectivity index (χ2v) is 9.81. The molecule has 0 aliphatic carbocycles. The number of carbonyl (C=O) groups excluding carboxylic acids is 4. The number of nitrogens with one attached hydrogen (secondary N) is 1. The molecule has 3 aromatic carbocycles. The van der Waals surface area contributed by atoms with Crippen LogP contribution < -0.4 is 10.2 Å². The van der Waals surface area contributed by atoms with Crippen LogP contribution in [0.5, 0.6) is 0 Å². The zero-order chi connectivity index (χ0) is 29.0. The molecule has 9 nitrogen and oxygen atoms in total. The first-order valence-corrected chi connectivity index (χ1v) is 13.8. The van der Waals surface area contributed by atoms with Crippen LogP contribution in [-0.2, 0) is 48.2 Å². The van der Waals surface area contributed by atoms with Crippen molar-refractivity contribution in [2.45, 2.75) is 38.8 Å². The van der Waals surface area contributed by atoms with Gasteiger partial charge in [0.05, 0.1) is 19.1 Å². The molecule has 1 N–H and O–H groups in total. The Morgan fingerprint density at radius 1 is 1.00 bits per heavy atom. The molecular weight excluding hydrogens is 522 g/mol. The predicted molar refractivity (Wildman–Crippen MR) is 153 cm³/mol. The molecule has 0 saturated carbocycles. The minimum Gasteiger partial charge on any atom is -0.465 e. The Morgan fingerprint density at radius 2 is 1.66 bits per heavy atom. The van der Waals surface area contributed by atoms with Crippen LogP contribution in [-0.4, -0.2) is 55.0 Å². The van der Waals surface area contributed by atoms with E-state index in [2.05, 4.69) is 5.32 Å². The minimum absolute atomic E-state index is 0.00919. The number of fused-ring (bicyclic) bond motifs is 1. The highest BCUT2D eigenvalue weighted by atomic mass is 16.7. The summed E-state index contributed by atoms with van der Waals surface area (Å²) in [5.74, 6) is -2.00. The van der Waals surface area contributed by atoms with Crippen molar-refractivity contribution in [2.24, 2.45) is 5.92 Å². The third-order valence-electron chi connectivity index (χ3n) is 6.91. The molecule has 0 unspecified atom stereocenters. The van der Waals surface area contributed by atoms with E-state index in [1.54, 1.807) is 13.0 Å². The van der Waals surface area contributed by atoms with Gasteiger partial charge in [-0.2, -0.15) is 0 Å². The summed E-state index contributed by atoms with van der Waals surface area (Å²) in [5.41, 5.74) is 3.33. The first-order chi connectivity index (χ1) is 20.0. The average Bonchev–Trinajstić information content (AvgIpc) is 3.12. The molecule has 3 amide bonds. The van der Waals surface area contributed by atoms with Gasteiger partial charge in [-0.3, -0.25) is 28.9 Å². The Hall–Kier alpha value is -4.50. The van der Waals surface area contributed by atoms with Crippen molar-refractivity contribution in [2.75, 3.05) is 24.6 Å². The number of carbonyl (C=O) groups is 4. The van der Waals surface area contributed by atoms with Gasteiger partial charge in [0.2, 0.25) is 18.2 Å². The summed E-state index contributed by atoms with van der Waals surface area (Å²) in [6.45, 7) is 1.81. The number of para-hydroxylation sites is 1. The highest BCUT2D eigenvalue weighted by Gasteiger charge is 2.34. The molecule has 9 heteroatoms. The summed E-state index contributed by atoms with van der Waals surface area (Å²) in [4.78, 5) is 58.8. The first kappa shape index (κ1) is 29.5. The van der Waals surface area contributed by atoms with Gasteiger partial charge < -0.3 is 10.1 Å². The van der Waals surface area contributed by atoms with Gasteiger partial charge in [0.15, 0.2) is 0 Å². The summed E-state index contributed by atoms with van der Waals surface area (Å²) in [6.07, 6.45) is 1.79. The molecule has 3 aromatic rings. The van der Waals surface area contributed by atoms with Gasteiger partial charge in [-0.1, -0.05) is 78.9 Å². The largest absolute Gasteiger partial charge is 0.465 e. The van der Waals surface area contributed by atoms with Crippen molar-refractivity contribution in [1.29, 1.82) is 0 Å². The molecule has 1 aliphatic rings. The maximum atomic E-state index is 13.7. The van der Waals surface area contributed by atoms with Crippen LogP contribution in [0.15, 0.2) is 84.9 Å². The van der Waals surface area contributed by atoms with Crippen LogP contribution in [0.25, 0.3) is 0 Å². The van der Waals surface area contributed by atoms with E-state index >= 15 is 0 Å². The monoisotopic (exact) mass is 557 g/mol. The average molecular weight is 558 g/mol. The van der Waals surface area contributed by atoms with E-state index in [0.717, 1.165) is 21.8 Å². The van der Waals surface area contributed by atoms with E-state index in [4.69, 9.17) is 9.57 Å². The van der Waals surface area contributed by atoms with E-state index in [9.17, 15) is 19.2 Å². The lowest BCUT2D eigenvalue weighted by Gasteiger charge is -2.28. The van der Waals surface area contributed by atoms with E-state index < -0.39 is 17.9 Å². The third kappa shape index (κ3) is 8.25. The van der Waals surface area contributed by atoms with Gasteiger partial charge in [0.1, 0.15) is 19.2 Å². The third-order valence-corrected chi connectivity index (χ3v) is 6.91. The van der Waals surface area contributed by atoms with Crippen LogP contribution in [0, 0.1) is 5.92 Å². The number of esters is 1. The quantitative estimate of drug-likeness (QED) is 0.196. The lowest BCUT2D eigenvalue weighted by Crippen LogP contribution is -2.52. The van der Waals surface area contributed by atoms with Crippen molar-refractivity contribution in [3.8, 4) is 0 Å². The number of nitrogens with zero attached hydrogens (tertiary/aromatic N) is 2. The van der Waals surface area contributed by atoms with Crippen LogP contribution in [0.2, 0.25) is 0 Å². The van der Waals surface area contributed by atoms with Crippen molar-refractivity contribution >= 4 is 29.9 Å². The van der Waals surface area contributed by atoms with Crippen molar-refractivity contribution in [1.82, 2.24) is 10.4 Å². The van der Waals surface area contributed by atoms with E-state index in [1.165, 1.54) is 4.90 Å². The lowest BCUT2D eigenvalue weighted by atomic mass is 9.97. The van der Waals surface area contributed by atoms with E-state index in [1.807, 2.05) is 78.9 Å². The molecule has 0 fully saturated rings. The normalized spacial score (nSPS) is 15.3. The molecule has 0 bridgehead atoms. The number of hydrogen-bond acceptors (Lipinski definition) is 6. The molecule has 1 heterocycles. The number of ether oxygens (including phenoxy) is 1. The Balaban J connectivity index is 1.52. The van der Waals surface area contributed by atoms with E-state index in [-0.39, 0.29) is 38.1 Å². The molecule has 2 atom stereocenters. The number of aryl methyl sites for hydroxylation is 1. The predicted octanol–water partition coefficient (Wildman–Crippen LogP) is 3.46. The first-order valence-electron chi connectivity index (χ1n) is 13.8. The maximum absolute atomic E-state index is 13.7. The summed E-state index contributed by atoms with van der Waals surface area (Å²) >= 11 is 0. The molecule has 41 heavy (non-hydrogen) atoms. The van der Waals surface area contributed by atoms with Crippen LogP contribution >= 0.6 is 0 Å². The Morgan fingerprint density at radius 3 is 2.34 bits per heavy atom. The molecule has 214 valence electrons. The topological polar surface area (TPSA) is 105 Å². The van der Waals surface area contributed by atoms with Crippen LogP contribution in [0.3, 0.4) is 0 Å². The zero-order valence-corrected chi connectivity index (χ0v) is 23.1. The fourth-order valence-corrected chi connectivity index (χ4v) is 4.85. The molecule has 4 rings (SSSR count). The molecule has 1 aliphatic heterocycles. The van der Waals surface area contributed by atoms with Gasteiger partial charge in [-0.05, 0) is 48.9 Å². The van der Waals surface area contributed by atoms with Gasteiger partial charge in [-0.25, -0.2) is 5.06 Å². The van der Waals surface area contributed by atoms with Gasteiger partial charge in [0, 0.05) is 5.69 Å². The Bertz CT molecular complexity index is 1320. The summed E-state index contributed by atoms with van der Waals surface area (Å²) in [5, 5.41) is 4.04. The summed E-state index contributed by atoms with van der Waals surface area (Å²) < 4.78 is 5.11. The van der Waals surface area contributed by atoms with E-state index in [0.29, 0.717) is 31.4 Å². The van der Waals surface area contributed by atoms with Crippen LogP contribution in [0.1, 0.15) is 30.0 Å². The lowest BCUT2D eigenvalue weighted by molar-refractivity contribution is -0.182. The number of rotatable bonds is 13. The van der Waals surface area contributed by atoms with Crippen molar-refractivity contribution < 1.29 is 28.8 Å². The second kappa shape index (κ2) is 14.8. The Kier molecular flexibility index (Phi) is 10.6. The van der Waals surface area contributed by atoms with Crippen molar-refractivity contribution in [3.63, 3.8) is 0 Å². The zero-order valence-electron chi connectivity index (χ0n) is 23.1. The summed E-state index contributed by atoms with van der Waals surface area (Å²) in [7, 11) is 0. The molecule has 0 saturated heterocycles. The number of amides is 3. The standard InChI is InChI=1S/C32H35N3O6/c1-2-40-30(37)21-35-29-16-10-9-15-26(29)17-18-28(32(35)39)33-31(38)27(19-24-11-5-3-6-12-24)20-34(23-36)41-22-25-13-7-4-8-14-25/h3-16,23,27-28H,2,17-22H2,1H3,(H,33,38)/t27-,28+/m1/s1. The van der Waals surface area contributed by atoms with Gasteiger partial charge in [-0.15, -0.1) is 0 Å².